The quantitative estimate of drug-likeness (QED) is 0.631. The SMILES string of the molecule is CNCC(C)CN(CCOC)CC(C)C. The molecule has 0 bridgehead atoms. The lowest BCUT2D eigenvalue weighted by Gasteiger charge is -2.27. The zero-order valence-corrected chi connectivity index (χ0v) is 11.0. The van der Waals surface area contributed by atoms with Gasteiger partial charge in [-0.05, 0) is 25.4 Å². The van der Waals surface area contributed by atoms with Crippen molar-refractivity contribution in [3.05, 3.63) is 0 Å². The minimum Gasteiger partial charge on any atom is -0.383 e. The summed E-state index contributed by atoms with van der Waals surface area (Å²) in [5.74, 6) is 1.43. The van der Waals surface area contributed by atoms with Crippen LogP contribution in [0.15, 0.2) is 0 Å². The van der Waals surface area contributed by atoms with Gasteiger partial charge >= 0.3 is 0 Å². The smallest absolute Gasteiger partial charge is 0.0589 e. The van der Waals surface area contributed by atoms with Crippen LogP contribution in [-0.2, 0) is 4.74 Å². The van der Waals surface area contributed by atoms with Crippen LogP contribution in [0, 0.1) is 11.8 Å². The molecule has 0 radical (unpaired) electrons. The molecule has 1 N–H and O–H groups in total. The molecule has 0 aliphatic heterocycles. The second kappa shape index (κ2) is 9.13. The van der Waals surface area contributed by atoms with Gasteiger partial charge in [-0.1, -0.05) is 20.8 Å². The Morgan fingerprint density at radius 2 is 1.87 bits per heavy atom. The Balaban J connectivity index is 3.87. The zero-order valence-electron chi connectivity index (χ0n) is 11.0. The first kappa shape index (κ1) is 14.9. The summed E-state index contributed by atoms with van der Waals surface area (Å²) in [6, 6.07) is 0. The van der Waals surface area contributed by atoms with E-state index in [-0.39, 0.29) is 0 Å². The third kappa shape index (κ3) is 8.85. The maximum atomic E-state index is 5.14. The fraction of sp³-hybridized carbons (Fsp3) is 1.00. The van der Waals surface area contributed by atoms with Gasteiger partial charge in [-0.3, -0.25) is 0 Å². The molecular formula is C12H28N2O. The number of hydrogen-bond donors (Lipinski definition) is 1. The average Bonchev–Trinajstić information content (AvgIpc) is 2.13. The summed E-state index contributed by atoms with van der Waals surface area (Å²) in [7, 11) is 3.78. The highest BCUT2D eigenvalue weighted by atomic mass is 16.5. The fourth-order valence-electron chi connectivity index (χ4n) is 1.85. The Bertz CT molecular complexity index is 140. The fourth-order valence-corrected chi connectivity index (χ4v) is 1.85. The van der Waals surface area contributed by atoms with Crippen LogP contribution < -0.4 is 5.32 Å². The highest BCUT2D eigenvalue weighted by Crippen LogP contribution is 2.03. The number of hydrogen-bond acceptors (Lipinski definition) is 3. The normalized spacial score (nSPS) is 13.8. The topological polar surface area (TPSA) is 24.5 Å². The predicted molar refractivity (Wildman–Crippen MR) is 66.2 cm³/mol. The van der Waals surface area contributed by atoms with E-state index in [9.17, 15) is 0 Å². The molecule has 3 nitrogen and oxygen atoms in total. The summed E-state index contributed by atoms with van der Waals surface area (Å²) in [5, 5.41) is 3.22. The molecule has 0 spiro atoms. The average molecular weight is 216 g/mol. The van der Waals surface area contributed by atoms with Crippen molar-refractivity contribution in [2.45, 2.75) is 20.8 Å². The summed E-state index contributed by atoms with van der Waals surface area (Å²) in [5.41, 5.74) is 0. The zero-order chi connectivity index (χ0) is 11.7. The molecule has 1 unspecified atom stereocenters. The molecule has 0 saturated carbocycles. The van der Waals surface area contributed by atoms with Gasteiger partial charge in [0, 0.05) is 26.7 Å². The Morgan fingerprint density at radius 1 is 1.20 bits per heavy atom. The van der Waals surface area contributed by atoms with Crippen LogP contribution in [-0.4, -0.2) is 51.8 Å². The van der Waals surface area contributed by atoms with E-state index in [1.54, 1.807) is 7.11 Å². The van der Waals surface area contributed by atoms with Gasteiger partial charge in [0.1, 0.15) is 0 Å². The summed E-state index contributed by atoms with van der Waals surface area (Å²) < 4.78 is 5.14. The Labute approximate surface area is 95.2 Å². The molecule has 15 heavy (non-hydrogen) atoms. The first-order valence-corrected chi connectivity index (χ1v) is 5.96. The van der Waals surface area contributed by atoms with E-state index in [1.165, 1.54) is 0 Å². The van der Waals surface area contributed by atoms with E-state index < -0.39 is 0 Å². The minimum absolute atomic E-state index is 0.700. The number of nitrogens with zero attached hydrogens (tertiary/aromatic N) is 1. The van der Waals surface area contributed by atoms with Crippen molar-refractivity contribution in [1.82, 2.24) is 10.2 Å². The molecule has 1 atom stereocenters. The van der Waals surface area contributed by atoms with E-state index in [4.69, 9.17) is 4.74 Å². The highest BCUT2D eigenvalue weighted by molar-refractivity contribution is 4.65. The summed E-state index contributed by atoms with van der Waals surface area (Å²) in [6.07, 6.45) is 0. The van der Waals surface area contributed by atoms with Gasteiger partial charge in [0.05, 0.1) is 6.61 Å². The third-order valence-electron chi connectivity index (χ3n) is 2.36. The van der Waals surface area contributed by atoms with Gasteiger partial charge in [-0.2, -0.15) is 0 Å². The maximum absolute atomic E-state index is 5.14. The molecule has 0 aromatic heterocycles. The van der Waals surface area contributed by atoms with Gasteiger partial charge in [0.25, 0.3) is 0 Å². The van der Waals surface area contributed by atoms with Crippen molar-refractivity contribution in [1.29, 1.82) is 0 Å². The van der Waals surface area contributed by atoms with Gasteiger partial charge in [0.2, 0.25) is 0 Å². The number of methoxy groups -OCH3 is 1. The van der Waals surface area contributed by atoms with Gasteiger partial charge in [0.15, 0.2) is 0 Å². The monoisotopic (exact) mass is 216 g/mol. The van der Waals surface area contributed by atoms with Crippen LogP contribution in [0.4, 0.5) is 0 Å². The highest BCUT2D eigenvalue weighted by Gasteiger charge is 2.10. The molecule has 0 saturated heterocycles. The van der Waals surface area contributed by atoms with E-state index in [0.29, 0.717) is 5.92 Å². The van der Waals surface area contributed by atoms with E-state index in [0.717, 1.165) is 38.7 Å². The summed E-state index contributed by atoms with van der Waals surface area (Å²) in [4.78, 5) is 2.50. The van der Waals surface area contributed by atoms with Crippen molar-refractivity contribution in [2.75, 3.05) is 46.9 Å². The standard InChI is InChI=1S/C12H28N2O/c1-11(2)9-14(6-7-15-5)10-12(3)8-13-4/h11-13H,6-10H2,1-5H3. The maximum Gasteiger partial charge on any atom is 0.0589 e. The van der Waals surface area contributed by atoms with Crippen LogP contribution in [0.3, 0.4) is 0 Å². The molecule has 0 aliphatic carbocycles. The van der Waals surface area contributed by atoms with E-state index in [2.05, 4.69) is 31.0 Å². The van der Waals surface area contributed by atoms with E-state index in [1.807, 2.05) is 7.05 Å². The third-order valence-corrected chi connectivity index (χ3v) is 2.36. The van der Waals surface area contributed by atoms with Crippen molar-refractivity contribution in [2.24, 2.45) is 11.8 Å². The molecule has 0 amide bonds. The van der Waals surface area contributed by atoms with Crippen LogP contribution >= 0.6 is 0 Å². The number of rotatable bonds is 9. The van der Waals surface area contributed by atoms with Crippen LogP contribution in [0.2, 0.25) is 0 Å². The molecule has 0 rings (SSSR count). The lowest BCUT2D eigenvalue weighted by molar-refractivity contribution is 0.130. The molecule has 3 heteroatoms. The summed E-state index contributed by atoms with van der Waals surface area (Å²) >= 11 is 0. The Hall–Kier alpha value is -0.120. The van der Waals surface area contributed by atoms with Crippen LogP contribution in [0.25, 0.3) is 0 Å². The van der Waals surface area contributed by atoms with Crippen molar-refractivity contribution in [3.63, 3.8) is 0 Å². The van der Waals surface area contributed by atoms with Crippen LogP contribution in [0.5, 0.6) is 0 Å². The molecule has 0 fully saturated rings. The minimum atomic E-state index is 0.700. The molecule has 0 aromatic rings. The second-order valence-electron chi connectivity index (χ2n) is 4.81. The Morgan fingerprint density at radius 3 is 2.33 bits per heavy atom. The largest absolute Gasteiger partial charge is 0.383 e. The van der Waals surface area contributed by atoms with Gasteiger partial charge in [-0.25, -0.2) is 0 Å². The lowest BCUT2D eigenvalue weighted by atomic mass is 10.1. The molecule has 92 valence electrons. The first-order valence-electron chi connectivity index (χ1n) is 5.96. The molecule has 0 aromatic carbocycles. The van der Waals surface area contributed by atoms with Gasteiger partial charge in [-0.15, -0.1) is 0 Å². The lowest BCUT2D eigenvalue weighted by Crippen LogP contribution is -2.37. The predicted octanol–water partition coefficient (Wildman–Crippen LogP) is 1.45. The summed E-state index contributed by atoms with van der Waals surface area (Å²) in [6.45, 7) is 12.1. The van der Waals surface area contributed by atoms with Crippen molar-refractivity contribution >= 4 is 0 Å². The molecule has 0 heterocycles. The van der Waals surface area contributed by atoms with E-state index >= 15 is 0 Å². The molecule has 0 aliphatic rings. The number of ether oxygens (including phenoxy) is 1. The van der Waals surface area contributed by atoms with Gasteiger partial charge < -0.3 is 15.0 Å². The first-order chi connectivity index (χ1) is 7.10. The second-order valence-corrected chi connectivity index (χ2v) is 4.81. The molecular weight excluding hydrogens is 188 g/mol. The Kier molecular flexibility index (Phi) is 9.06. The van der Waals surface area contributed by atoms with Crippen molar-refractivity contribution < 1.29 is 4.74 Å². The van der Waals surface area contributed by atoms with Crippen molar-refractivity contribution in [3.8, 4) is 0 Å². The van der Waals surface area contributed by atoms with Crippen LogP contribution in [0.1, 0.15) is 20.8 Å². The number of nitrogens with one attached hydrogen (secondary N) is 1.